The molecule has 3 N–H and O–H groups in total. The third-order valence-corrected chi connectivity index (χ3v) is 4.97. The van der Waals surface area contributed by atoms with Gasteiger partial charge in [0.2, 0.25) is 0 Å². The molecular weight excluding hydrogens is 268 g/mol. The van der Waals surface area contributed by atoms with Gasteiger partial charge in [-0.3, -0.25) is 4.90 Å². The average molecular weight is 296 g/mol. The van der Waals surface area contributed by atoms with Crippen LogP contribution in [0, 0.1) is 5.92 Å². The lowest BCUT2D eigenvalue weighted by molar-refractivity contribution is -0.879. The average Bonchev–Trinajstić information content (AvgIpc) is 2.56. The third kappa shape index (κ3) is 3.57. The van der Waals surface area contributed by atoms with Crippen LogP contribution in [-0.4, -0.2) is 18.6 Å². The number of hydrogen-bond acceptors (Lipinski definition) is 0. The molecule has 0 aromatic heterocycles. The number of para-hydroxylation sites is 2. The summed E-state index contributed by atoms with van der Waals surface area (Å²) in [6.07, 6.45) is 2.57. The van der Waals surface area contributed by atoms with Gasteiger partial charge in [-0.2, -0.15) is 0 Å². The maximum absolute atomic E-state index is 2.48. The van der Waals surface area contributed by atoms with Crippen molar-refractivity contribution in [2.75, 3.05) is 6.54 Å². The van der Waals surface area contributed by atoms with Crippen molar-refractivity contribution in [3.05, 3.63) is 60.7 Å². The first-order valence-corrected chi connectivity index (χ1v) is 8.55. The molecule has 116 valence electrons. The van der Waals surface area contributed by atoms with E-state index in [4.69, 9.17) is 0 Å². The third-order valence-electron chi connectivity index (χ3n) is 4.97. The summed E-state index contributed by atoms with van der Waals surface area (Å²) in [5.41, 5.74) is 2.83. The summed E-state index contributed by atoms with van der Waals surface area (Å²) in [6, 6.07) is 23.2. The van der Waals surface area contributed by atoms with Gasteiger partial charge in [0, 0.05) is 12.3 Å². The molecule has 0 spiro atoms. The second kappa shape index (κ2) is 7.08. The fourth-order valence-electron chi connectivity index (χ4n) is 3.79. The van der Waals surface area contributed by atoms with Gasteiger partial charge in [0.25, 0.3) is 0 Å². The Morgan fingerprint density at radius 2 is 1.59 bits per heavy atom. The Morgan fingerprint density at radius 1 is 0.955 bits per heavy atom. The van der Waals surface area contributed by atoms with Crippen LogP contribution in [-0.2, 0) is 0 Å². The summed E-state index contributed by atoms with van der Waals surface area (Å²) >= 11 is 0. The largest absolute Gasteiger partial charge is 0.311 e. The topological polar surface area (TPSA) is 21.1 Å². The van der Waals surface area contributed by atoms with E-state index in [0.29, 0.717) is 18.0 Å². The Bertz CT molecular complexity index is 565. The Balaban J connectivity index is 1.71. The number of nitrogens with one attached hydrogen (secondary N) is 1. The van der Waals surface area contributed by atoms with Gasteiger partial charge in [0.1, 0.15) is 23.5 Å². The van der Waals surface area contributed by atoms with E-state index in [1.165, 1.54) is 30.8 Å². The molecule has 3 atom stereocenters. The van der Waals surface area contributed by atoms with Gasteiger partial charge in [0.15, 0.2) is 0 Å². The molecule has 1 aliphatic heterocycles. The molecular formula is C20H28N2+2. The second-order valence-electron chi connectivity index (χ2n) is 6.85. The highest BCUT2D eigenvalue weighted by Gasteiger charge is 2.36. The number of hydrogen-bond donors (Lipinski definition) is 2. The SMILES string of the molecule is CC(C)[C@@H]1C[C@@H]([NH2+]c2ccccc2)CC[NH+]1c1ccccc1. The van der Waals surface area contributed by atoms with Crippen molar-refractivity contribution in [2.24, 2.45) is 5.92 Å². The fourth-order valence-corrected chi connectivity index (χ4v) is 3.79. The van der Waals surface area contributed by atoms with Crippen molar-refractivity contribution in [3.8, 4) is 0 Å². The van der Waals surface area contributed by atoms with Gasteiger partial charge >= 0.3 is 0 Å². The van der Waals surface area contributed by atoms with E-state index < -0.39 is 0 Å². The van der Waals surface area contributed by atoms with Crippen LogP contribution in [0.5, 0.6) is 0 Å². The minimum absolute atomic E-state index is 0.709. The van der Waals surface area contributed by atoms with Crippen LogP contribution in [0.4, 0.5) is 11.4 Å². The van der Waals surface area contributed by atoms with Crippen LogP contribution in [0.25, 0.3) is 0 Å². The Hall–Kier alpha value is -1.64. The molecule has 2 aromatic carbocycles. The van der Waals surface area contributed by atoms with Crippen molar-refractivity contribution in [3.63, 3.8) is 0 Å². The molecule has 0 bridgehead atoms. The van der Waals surface area contributed by atoms with Gasteiger partial charge in [-0.15, -0.1) is 0 Å². The summed E-state index contributed by atoms with van der Waals surface area (Å²) in [4.78, 5) is 1.67. The lowest BCUT2D eigenvalue weighted by atomic mass is 9.89. The van der Waals surface area contributed by atoms with Crippen molar-refractivity contribution in [1.29, 1.82) is 0 Å². The van der Waals surface area contributed by atoms with E-state index in [2.05, 4.69) is 79.8 Å². The van der Waals surface area contributed by atoms with Gasteiger partial charge in [-0.25, -0.2) is 0 Å². The number of nitrogens with two attached hydrogens (primary N) is 1. The summed E-state index contributed by atoms with van der Waals surface area (Å²) < 4.78 is 0. The highest BCUT2D eigenvalue weighted by molar-refractivity contribution is 5.29. The number of quaternary nitrogens is 2. The zero-order chi connectivity index (χ0) is 15.4. The molecule has 1 saturated heterocycles. The van der Waals surface area contributed by atoms with Gasteiger partial charge in [-0.05, 0) is 24.3 Å². The molecule has 2 aromatic rings. The van der Waals surface area contributed by atoms with Crippen LogP contribution in [0.3, 0.4) is 0 Å². The first-order chi connectivity index (χ1) is 10.7. The first-order valence-electron chi connectivity index (χ1n) is 8.55. The van der Waals surface area contributed by atoms with Crippen molar-refractivity contribution in [1.82, 2.24) is 0 Å². The molecule has 3 rings (SSSR count). The Labute approximate surface area is 134 Å². The van der Waals surface area contributed by atoms with Crippen molar-refractivity contribution >= 4 is 11.4 Å². The molecule has 1 heterocycles. The van der Waals surface area contributed by atoms with Gasteiger partial charge in [0.05, 0.1) is 13.0 Å². The lowest BCUT2D eigenvalue weighted by Gasteiger charge is -2.37. The highest BCUT2D eigenvalue weighted by atomic mass is 15.2. The molecule has 0 saturated carbocycles. The molecule has 0 radical (unpaired) electrons. The summed E-state index contributed by atoms with van der Waals surface area (Å²) in [5, 5.41) is 2.48. The molecule has 0 aliphatic carbocycles. The van der Waals surface area contributed by atoms with E-state index in [9.17, 15) is 0 Å². The molecule has 0 amide bonds. The summed E-state index contributed by atoms with van der Waals surface area (Å²) in [7, 11) is 0. The molecule has 2 nitrogen and oxygen atoms in total. The number of piperidine rings is 1. The summed E-state index contributed by atoms with van der Waals surface area (Å²) in [6.45, 7) is 5.98. The van der Waals surface area contributed by atoms with E-state index in [1.807, 2.05) is 0 Å². The predicted octanol–water partition coefficient (Wildman–Crippen LogP) is 2.29. The minimum Gasteiger partial charge on any atom is -0.311 e. The van der Waals surface area contributed by atoms with Crippen molar-refractivity contribution in [2.45, 2.75) is 38.8 Å². The minimum atomic E-state index is 0.709. The maximum atomic E-state index is 2.48. The van der Waals surface area contributed by atoms with Gasteiger partial charge in [-0.1, -0.05) is 50.2 Å². The van der Waals surface area contributed by atoms with E-state index in [-0.39, 0.29) is 0 Å². The molecule has 22 heavy (non-hydrogen) atoms. The zero-order valence-electron chi connectivity index (χ0n) is 13.7. The first kappa shape index (κ1) is 15.3. The van der Waals surface area contributed by atoms with E-state index in [1.54, 1.807) is 4.90 Å². The maximum Gasteiger partial charge on any atom is 0.131 e. The smallest absolute Gasteiger partial charge is 0.131 e. The monoisotopic (exact) mass is 296 g/mol. The molecule has 2 heteroatoms. The normalized spacial score (nSPS) is 25.3. The standard InChI is InChI=1S/C20H26N2/c1-16(2)20-15-18(21-17-9-5-3-6-10-17)13-14-22(20)19-11-7-4-8-12-19/h3-12,16,18,20-21H,13-15H2,1-2H3/p+2/t18-,20-/m0/s1. The van der Waals surface area contributed by atoms with Gasteiger partial charge < -0.3 is 5.32 Å². The second-order valence-corrected chi connectivity index (χ2v) is 6.85. The molecule has 1 aliphatic rings. The fraction of sp³-hybridized carbons (Fsp3) is 0.400. The quantitative estimate of drug-likeness (QED) is 0.808. The predicted molar refractivity (Wildman–Crippen MR) is 91.6 cm³/mol. The summed E-state index contributed by atoms with van der Waals surface area (Å²) in [5.74, 6) is 0.710. The molecule has 1 unspecified atom stereocenters. The molecule has 1 fully saturated rings. The number of benzene rings is 2. The van der Waals surface area contributed by atoms with E-state index in [0.717, 1.165) is 0 Å². The Morgan fingerprint density at radius 3 is 2.23 bits per heavy atom. The highest BCUT2D eigenvalue weighted by Crippen LogP contribution is 2.15. The lowest BCUT2D eigenvalue weighted by Crippen LogP contribution is -3.14. The number of rotatable bonds is 4. The van der Waals surface area contributed by atoms with E-state index >= 15 is 0 Å². The van der Waals surface area contributed by atoms with Crippen LogP contribution in [0.15, 0.2) is 60.7 Å². The Kier molecular flexibility index (Phi) is 4.91. The van der Waals surface area contributed by atoms with Crippen LogP contribution >= 0.6 is 0 Å². The van der Waals surface area contributed by atoms with Crippen LogP contribution < -0.4 is 10.2 Å². The van der Waals surface area contributed by atoms with Crippen LogP contribution in [0.2, 0.25) is 0 Å². The van der Waals surface area contributed by atoms with Crippen molar-refractivity contribution < 1.29 is 10.2 Å². The van der Waals surface area contributed by atoms with Crippen LogP contribution in [0.1, 0.15) is 26.7 Å². The zero-order valence-corrected chi connectivity index (χ0v) is 13.7.